The molecule has 0 saturated heterocycles. The van der Waals surface area contributed by atoms with E-state index in [4.69, 9.17) is 5.73 Å². The Kier molecular flexibility index (Phi) is 2.95. The Balaban J connectivity index is 2.31. The van der Waals surface area contributed by atoms with Crippen LogP contribution in [0.15, 0.2) is 36.4 Å². The van der Waals surface area contributed by atoms with Crippen molar-refractivity contribution in [2.24, 2.45) is 0 Å². The summed E-state index contributed by atoms with van der Waals surface area (Å²) < 4.78 is 25.8. The van der Waals surface area contributed by atoms with Crippen molar-refractivity contribution in [3.05, 3.63) is 53.6 Å². The van der Waals surface area contributed by atoms with Crippen molar-refractivity contribution in [2.75, 3.05) is 11.1 Å². The first kappa shape index (κ1) is 11.4. The van der Waals surface area contributed by atoms with Gasteiger partial charge in [0, 0.05) is 23.1 Å². The van der Waals surface area contributed by atoms with Crippen molar-refractivity contribution in [3.63, 3.8) is 0 Å². The number of nitrogens with two attached hydrogens (primary N) is 1. The number of hydrogen-bond donors (Lipinski definition) is 2. The fraction of sp³-hybridized carbons (Fsp3) is 0.0769. The van der Waals surface area contributed by atoms with Gasteiger partial charge in [0.1, 0.15) is 0 Å². The van der Waals surface area contributed by atoms with Gasteiger partial charge in [-0.3, -0.25) is 0 Å². The lowest BCUT2D eigenvalue weighted by Crippen LogP contribution is -1.97. The molecule has 0 saturated carbocycles. The molecule has 0 aliphatic heterocycles. The molecule has 4 heteroatoms. The predicted octanol–water partition coefficient (Wildman–Crippen LogP) is 3.60. The molecule has 0 atom stereocenters. The Bertz CT molecular complexity index is 553. The van der Waals surface area contributed by atoms with Gasteiger partial charge in [-0.15, -0.1) is 0 Å². The number of nitrogens with one attached hydrogen (secondary N) is 1. The predicted molar refractivity (Wildman–Crippen MR) is 65.2 cm³/mol. The van der Waals surface area contributed by atoms with E-state index < -0.39 is 11.6 Å². The highest BCUT2D eigenvalue weighted by Crippen LogP contribution is 2.25. The van der Waals surface area contributed by atoms with E-state index in [0.717, 1.165) is 23.4 Å². The molecular weight excluding hydrogens is 222 g/mol. The largest absolute Gasteiger partial charge is 0.398 e. The van der Waals surface area contributed by atoms with Crippen LogP contribution in [-0.2, 0) is 0 Å². The molecule has 0 aromatic heterocycles. The average Bonchev–Trinajstić information content (AvgIpc) is 2.30. The van der Waals surface area contributed by atoms with Gasteiger partial charge in [0.2, 0.25) is 0 Å². The zero-order valence-electron chi connectivity index (χ0n) is 9.30. The van der Waals surface area contributed by atoms with Gasteiger partial charge in [-0.2, -0.15) is 0 Å². The second-order valence-electron chi connectivity index (χ2n) is 3.77. The van der Waals surface area contributed by atoms with Crippen molar-refractivity contribution >= 4 is 17.1 Å². The van der Waals surface area contributed by atoms with Gasteiger partial charge in [0.05, 0.1) is 0 Å². The molecular formula is C13H12F2N2. The molecule has 2 nitrogen and oxygen atoms in total. The van der Waals surface area contributed by atoms with Crippen molar-refractivity contribution in [1.29, 1.82) is 0 Å². The third-order valence-electron chi connectivity index (χ3n) is 2.57. The topological polar surface area (TPSA) is 38.0 Å². The number of anilines is 3. The molecule has 2 rings (SSSR count). The lowest BCUT2D eigenvalue weighted by molar-refractivity contribution is 0.509. The first-order valence-corrected chi connectivity index (χ1v) is 5.15. The van der Waals surface area contributed by atoms with Crippen molar-refractivity contribution in [2.45, 2.75) is 6.92 Å². The van der Waals surface area contributed by atoms with Gasteiger partial charge in [-0.05, 0) is 36.8 Å². The highest BCUT2D eigenvalue weighted by atomic mass is 19.2. The summed E-state index contributed by atoms with van der Waals surface area (Å²) in [6, 6.07) is 9.07. The molecule has 17 heavy (non-hydrogen) atoms. The molecule has 2 aromatic rings. The number of rotatable bonds is 2. The van der Waals surface area contributed by atoms with Crippen molar-refractivity contribution in [3.8, 4) is 0 Å². The van der Waals surface area contributed by atoms with Crippen LogP contribution in [0.25, 0.3) is 0 Å². The van der Waals surface area contributed by atoms with Gasteiger partial charge in [-0.25, -0.2) is 8.78 Å². The Morgan fingerprint density at radius 3 is 2.53 bits per heavy atom. The number of hydrogen-bond acceptors (Lipinski definition) is 2. The van der Waals surface area contributed by atoms with E-state index in [1.807, 2.05) is 13.0 Å². The standard InChI is InChI=1S/C13H12F2N2/c1-8-12(16)3-2-4-13(8)17-9-5-6-10(14)11(15)7-9/h2-7,17H,16H2,1H3. The van der Waals surface area contributed by atoms with Crippen LogP contribution < -0.4 is 11.1 Å². The fourth-order valence-corrected chi connectivity index (χ4v) is 1.52. The maximum absolute atomic E-state index is 13.0. The monoisotopic (exact) mass is 234 g/mol. The van der Waals surface area contributed by atoms with E-state index in [0.29, 0.717) is 11.4 Å². The first-order valence-electron chi connectivity index (χ1n) is 5.15. The van der Waals surface area contributed by atoms with Gasteiger partial charge in [-0.1, -0.05) is 6.07 Å². The summed E-state index contributed by atoms with van der Waals surface area (Å²) in [4.78, 5) is 0. The minimum Gasteiger partial charge on any atom is -0.398 e. The summed E-state index contributed by atoms with van der Waals surface area (Å²) in [5.74, 6) is -1.74. The third-order valence-corrected chi connectivity index (χ3v) is 2.57. The molecule has 0 amide bonds. The summed E-state index contributed by atoms with van der Waals surface area (Å²) in [6.07, 6.45) is 0. The van der Waals surface area contributed by atoms with E-state index in [1.54, 1.807) is 12.1 Å². The number of benzene rings is 2. The summed E-state index contributed by atoms with van der Waals surface area (Å²) in [7, 11) is 0. The number of nitrogen functional groups attached to an aromatic ring is 1. The molecule has 88 valence electrons. The molecule has 0 radical (unpaired) electrons. The van der Waals surface area contributed by atoms with Crippen LogP contribution >= 0.6 is 0 Å². The average molecular weight is 234 g/mol. The minimum atomic E-state index is -0.878. The van der Waals surface area contributed by atoms with E-state index in [9.17, 15) is 8.78 Å². The summed E-state index contributed by atoms with van der Waals surface area (Å²) >= 11 is 0. The second kappa shape index (κ2) is 4.41. The van der Waals surface area contributed by atoms with Crippen LogP contribution in [0.5, 0.6) is 0 Å². The quantitative estimate of drug-likeness (QED) is 0.779. The third kappa shape index (κ3) is 2.36. The normalized spacial score (nSPS) is 10.3. The SMILES string of the molecule is Cc1c(N)cccc1Nc1ccc(F)c(F)c1. The molecule has 0 fully saturated rings. The van der Waals surface area contributed by atoms with Crippen LogP contribution in [0.1, 0.15) is 5.56 Å². The van der Waals surface area contributed by atoms with Gasteiger partial charge >= 0.3 is 0 Å². The van der Waals surface area contributed by atoms with E-state index in [-0.39, 0.29) is 0 Å². The zero-order valence-corrected chi connectivity index (χ0v) is 9.30. The molecule has 0 spiro atoms. The lowest BCUT2D eigenvalue weighted by Gasteiger charge is -2.11. The Hall–Kier alpha value is -2.10. The van der Waals surface area contributed by atoms with E-state index in [2.05, 4.69) is 5.32 Å². The van der Waals surface area contributed by atoms with Crippen molar-refractivity contribution in [1.82, 2.24) is 0 Å². The Morgan fingerprint density at radius 1 is 1.06 bits per heavy atom. The lowest BCUT2D eigenvalue weighted by atomic mass is 10.1. The molecule has 0 aliphatic rings. The smallest absolute Gasteiger partial charge is 0.160 e. The van der Waals surface area contributed by atoms with Crippen LogP contribution in [0.4, 0.5) is 25.8 Å². The molecule has 0 unspecified atom stereocenters. The van der Waals surface area contributed by atoms with Gasteiger partial charge in [0.25, 0.3) is 0 Å². The maximum atomic E-state index is 13.0. The van der Waals surface area contributed by atoms with Gasteiger partial charge in [0.15, 0.2) is 11.6 Å². The molecule has 0 aliphatic carbocycles. The zero-order chi connectivity index (χ0) is 12.4. The molecule has 0 heterocycles. The van der Waals surface area contributed by atoms with E-state index >= 15 is 0 Å². The highest BCUT2D eigenvalue weighted by Gasteiger charge is 2.05. The molecule has 3 N–H and O–H groups in total. The minimum absolute atomic E-state index is 0.484. The highest BCUT2D eigenvalue weighted by molar-refractivity contribution is 5.69. The first-order chi connectivity index (χ1) is 8.08. The van der Waals surface area contributed by atoms with Crippen LogP contribution in [0.3, 0.4) is 0 Å². The van der Waals surface area contributed by atoms with Crippen molar-refractivity contribution < 1.29 is 8.78 Å². The molecule has 0 bridgehead atoms. The summed E-state index contributed by atoms with van der Waals surface area (Å²) in [5.41, 5.74) is 8.54. The Labute approximate surface area is 98.1 Å². The fourth-order valence-electron chi connectivity index (χ4n) is 1.52. The van der Waals surface area contributed by atoms with Gasteiger partial charge < -0.3 is 11.1 Å². The van der Waals surface area contributed by atoms with Crippen LogP contribution in [0.2, 0.25) is 0 Å². The van der Waals surface area contributed by atoms with Crippen LogP contribution in [0, 0.1) is 18.6 Å². The second-order valence-corrected chi connectivity index (χ2v) is 3.77. The Morgan fingerprint density at radius 2 is 1.82 bits per heavy atom. The maximum Gasteiger partial charge on any atom is 0.160 e. The molecule has 2 aromatic carbocycles. The van der Waals surface area contributed by atoms with Crippen LogP contribution in [-0.4, -0.2) is 0 Å². The van der Waals surface area contributed by atoms with E-state index in [1.165, 1.54) is 6.07 Å². The summed E-state index contributed by atoms with van der Waals surface area (Å²) in [5, 5.41) is 2.99. The summed E-state index contributed by atoms with van der Waals surface area (Å²) in [6.45, 7) is 1.86. The number of halogens is 2.